The van der Waals surface area contributed by atoms with Crippen LogP contribution in [0.1, 0.15) is 19.8 Å². The first-order valence-corrected chi connectivity index (χ1v) is 10.0. The highest BCUT2D eigenvalue weighted by molar-refractivity contribution is 7.98. The van der Waals surface area contributed by atoms with Gasteiger partial charge in [0.1, 0.15) is 11.2 Å². The Morgan fingerprint density at radius 2 is 1.92 bits per heavy atom. The van der Waals surface area contributed by atoms with Crippen LogP contribution in [0.25, 0.3) is 22.2 Å². The van der Waals surface area contributed by atoms with Gasteiger partial charge in [-0.25, -0.2) is 9.97 Å². The van der Waals surface area contributed by atoms with E-state index >= 15 is 0 Å². The zero-order valence-corrected chi connectivity index (χ0v) is 16.5. The van der Waals surface area contributed by atoms with Gasteiger partial charge in [-0.05, 0) is 24.3 Å². The van der Waals surface area contributed by atoms with Gasteiger partial charge in [0, 0.05) is 20.6 Å². The van der Waals surface area contributed by atoms with Gasteiger partial charge in [-0.1, -0.05) is 55.4 Å². The second-order valence-electron chi connectivity index (χ2n) is 6.33. The first-order chi connectivity index (χ1) is 12.6. The molecule has 0 atom stereocenters. The first kappa shape index (κ1) is 18.5. The molecule has 0 saturated heterocycles. The molecule has 0 aliphatic heterocycles. The van der Waals surface area contributed by atoms with Crippen LogP contribution in [-0.2, 0) is 7.05 Å². The van der Waals surface area contributed by atoms with Crippen molar-refractivity contribution in [1.82, 2.24) is 14.5 Å². The maximum absolute atomic E-state index is 13.2. The molecule has 0 radical (unpaired) electrons. The molecule has 6 heteroatoms. The number of unbranched alkanes of at least 4 members (excludes halogenated alkanes) is 1. The lowest BCUT2D eigenvalue weighted by Crippen LogP contribution is -2.26. The summed E-state index contributed by atoms with van der Waals surface area (Å²) in [6.45, 7) is 3.02. The first-order valence-electron chi connectivity index (χ1n) is 8.79. The van der Waals surface area contributed by atoms with Crippen molar-refractivity contribution >= 4 is 28.5 Å². The third-order valence-corrected chi connectivity index (χ3v) is 5.06. The molecule has 1 aromatic carbocycles. The van der Waals surface area contributed by atoms with Crippen LogP contribution >= 0.6 is 11.8 Å². The summed E-state index contributed by atoms with van der Waals surface area (Å²) < 4.78 is 1.69. The van der Waals surface area contributed by atoms with Gasteiger partial charge in [-0.2, -0.15) is 0 Å². The van der Waals surface area contributed by atoms with Gasteiger partial charge in [0.25, 0.3) is 5.56 Å². The zero-order chi connectivity index (χ0) is 18.7. The average Bonchev–Trinajstić information content (AvgIpc) is 2.68. The molecule has 26 heavy (non-hydrogen) atoms. The summed E-state index contributed by atoms with van der Waals surface area (Å²) in [5.74, 6) is 0.716. The molecule has 0 fully saturated rings. The fourth-order valence-corrected chi connectivity index (χ4v) is 3.38. The molecule has 0 aliphatic carbocycles. The molecule has 136 valence electrons. The molecule has 0 amide bonds. The molecule has 0 unspecified atom stereocenters. The Labute approximate surface area is 158 Å². The van der Waals surface area contributed by atoms with E-state index in [0.29, 0.717) is 21.9 Å². The standard InChI is InChI=1S/C20H24N4OS/c1-5-6-12-23(2)18-17-15(21-20(22-18)26-4)13-16(24(3)19(17)25)14-10-8-7-9-11-14/h7-11,13H,5-6,12H2,1-4H3. The fraction of sp³-hybridized carbons (Fsp3) is 0.350. The number of fused-ring (bicyclic) bond motifs is 1. The molecule has 2 heterocycles. The van der Waals surface area contributed by atoms with E-state index in [1.807, 2.05) is 56.7 Å². The molecule has 0 aliphatic rings. The third kappa shape index (κ3) is 3.46. The van der Waals surface area contributed by atoms with Crippen molar-refractivity contribution < 1.29 is 0 Å². The third-order valence-electron chi connectivity index (χ3n) is 4.51. The SMILES string of the molecule is CCCCN(C)c1nc(SC)nc2cc(-c3ccccc3)n(C)c(=O)c12. The molecular formula is C20H24N4OS. The predicted molar refractivity (Wildman–Crippen MR) is 110 cm³/mol. The summed E-state index contributed by atoms with van der Waals surface area (Å²) >= 11 is 1.49. The Hall–Kier alpha value is -2.34. The van der Waals surface area contributed by atoms with Gasteiger partial charge in [-0.15, -0.1) is 0 Å². The monoisotopic (exact) mass is 368 g/mol. The number of aromatic nitrogens is 3. The Morgan fingerprint density at radius 1 is 1.19 bits per heavy atom. The van der Waals surface area contributed by atoms with Crippen LogP contribution in [0.3, 0.4) is 0 Å². The molecule has 0 spiro atoms. The highest BCUT2D eigenvalue weighted by Gasteiger charge is 2.18. The minimum atomic E-state index is -0.0626. The number of hydrogen-bond donors (Lipinski definition) is 0. The summed E-state index contributed by atoms with van der Waals surface area (Å²) in [5.41, 5.74) is 2.49. The minimum Gasteiger partial charge on any atom is -0.359 e. The zero-order valence-electron chi connectivity index (χ0n) is 15.7. The van der Waals surface area contributed by atoms with E-state index in [9.17, 15) is 4.79 Å². The molecule has 5 nitrogen and oxygen atoms in total. The van der Waals surface area contributed by atoms with Crippen LogP contribution in [0.2, 0.25) is 0 Å². The van der Waals surface area contributed by atoms with Crippen molar-refractivity contribution in [3.05, 3.63) is 46.8 Å². The van der Waals surface area contributed by atoms with E-state index in [1.54, 1.807) is 4.57 Å². The molecule has 2 aromatic heterocycles. The van der Waals surface area contributed by atoms with Crippen LogP contribution in [0.5, 0.6) is 0 Å². The van der Waals surface area contributed by atoms with Gasteiger partial charge in [0.2, 0.25) is 0 Å². The topological polar surface area (TPSA) is 51.0 Å². The fourth-order valence-electron chi connectivity index (χ4n) is 3.01. The summed E-state index contributed by atoms with van der Waals surface area (Å²) in [6.07, 6.45) is 4.11. The maximum atomic E-state index is 13.2. The van der Waals surface area contributed by atoms with Crippen molar-refractivity contribution in [3.8, 4) is 11.3 Å². The summed E-state index contributed by atoms with van der Waals surface area (Å²) in [6, 6.07) is 11.9. The normalized spacial score (nSPS) is 11.1. The number of nitrogens with zero attached hydrogens (tertiary/aromatic N) is 4. The average molecular weight is 369 g/mol. The second kappa shape index (κ2) is 7.91. The number of rotatable bonds is 6. The van der Waals surface area contributed by atoms with Gasteiger partial charge in [-0.3, -0.25) is 4.79 Å². The van der Waals surface area contributed by atoms with E-state index in [-0.39, 0.29) is 5.56 Å². The Balaban J connectivity index is 2.27. The van der Waals surface area contributed by atoms with Gasteiger partial charge >= 0.3 is 0 Å². The van der Waals surface area contributed by atoms with Crippen LogP contribution < -0.4 is 10.5 Å². The van der Waals surface area contributed by atoms with Gasteiger partial charge < -0.3 is 9.47 Å². The van der Waals surface area contributed by atoms with Crippen molar-refractivity contribution in [1.29, 1.82) is 0 Å². The molecule has 3 rings (SSSR count). The Kier molecular flexibility index (Phi) is 5.61. The molecular weight excluding hydrogens is 344 g/mol. The summed E-state index contributed by atoms with van der Waals surface area (Å²) in [5, 5.41) is 1.27. The molecule has 0 bridgehead atoms. The highest BCUT2D eigenvalue weighted by atomic mass is 32.2. The second-order valence-corrected chi connectivity index (χ2v) is 7.10. The van der Waals surface area contributed by atoms with Gasteiger partial charge in [0.05, 0.1) is 11.2 Å². The van der Waals surface area contributed by atoms with Gasteiger partial charge in [0.15, 0.2) is 5.16 Å². The number of hydrogen-bond acceptors (Lipinski definition) is 5. The van der Waals surface area contributed by atoms with Crippen molar-refractivity contribution in [2.24, 2.45) is 7.05 Å². The van der Waals surface area contributed by atoms with Crippen LogP contribution in [0, 0.1) is 0 Å². The summed E-state index contributed by atoms with van der Waals surface area (Å²) in [7, 11) is 3.80. The van der Waals surface area contributed by atoms with Crippen LogP contribution in [0.15, 0.2) is 46.3 Å². The lowest BCUT2D eigenvalue weighted by atomic mass is 10.1. The lowest BCUT2D eigenvalue weighted by molar-refractivity contribution is 0.754. The van der Waals surface area contributed by atoms with E-state index in [4.69, 9.17) is 0 Å². The van der Waals surface area contributed by atoms with Crippen LogP contribution in [0.4, 0.5) is 5.82 Å². The van der Waals surface area contributed by atoms with E-state index in [1.165, 1.54) is 11.8 Å². The van der Waals surface area contributed by atoms with Crippen molar-refractivity contribution in [2.45, 2.75) is 24.9 Å². The van der Waals surface area contributed by atoms with E-state index in [2.05, 4.69) is 21.8 Å². The molecule has 0 saturated carbocycles. The van der Waals surface area contributed by atoms with Crippen molar-refractivity contribution in [3.63, 3.8) is 0 Å². The minimum absolute atomic E-state index is 0.0626. The predicted octanol–water partition coefficient (Wildman–Crippen LogP) is 3.95. The number of benzene rings is 1. The quantitative estimate of drug-likeness (QED) is 0.487. The lowest BCUT2D eigenvalue weighted by Gasteiger charge is -2.20. The largest absolute Gasteiger partial charge is 0.359 e. The number of thioether (sulfide) groups is 1. The Morgan fingerprint density at radius 3 is 2.58 bits per heavy atom. The number of pyridine rings is 1. The smallest absolute Gasteiger partial charge is 0.264 e. The number of anilines is 1. The van der Waals surface area contributed by atoms with E-state index in [0.717, 1.165) is 30.6 Å². The Bertz CT molecular complexity index is 969. The van der Waals surface area contributed by atoms with Crippen LogP contribution in [-0.4, -0.2) is 34.4 Å². The van der Waals surface area contributed by atoms with Crippen molar-refractivity contribution in [2.75, 3.05) is 24.7 Å². The maximum Gasteiger partial charge on any atom is 0.264 e. The summed E-state index contributed by atoms with van der Waals surface area (Å²) in [4.78, 5) is 24.5. The molecule has 0 N–H and O–H groups in total. The molecule has 3 aromatic rings. The van der Waals surface area contributed by atoms with E-state index < -0.39 is 0 Å². The highest BCUT2D eigenvalue weighted by Crippen LogP contribution is 2.27.